The Kier molecular flexibility index (Phi) is 14.2. The number of pyridine rings is 1. The van der Waals surface area contributed by atoms with Crippen LogP contribution in [0, 0.1) is 17.1 Å². The van der Waals surface area contributed by atoms with Crippen LogP contribution in [0.5, 0.6) is 0 Å². The van der Waals surface area contributed by atoms with Crippen LogP contribution in [0.25, 0.3) is 22.3 Å². The average molecular weight is 828 g/mol. The first kappa shape index (κ1) is 45.0. The van der Waals surface area contributed by atoms with Crippen molar-refractivity contribution >= 4 is 34.8 Å². The minimum absolute atomic E-state index is 0.195. The van der Waals surface area contributed by atoms with Gasteiger partial charge in [0.05, 0.1) is 41.7 Å². The number of rotatable bonds is 5. The number of nitrogens with one attached hydrogen (secondary N) is 1. The molecule has 4 N–H and O–H groups in total. The zero-order chi connectivity index (χ0) is 42.9. The van der Waals surface area contributed by atoms with Crippen LogP contribution in [0.3, 0.4) is 0 Å². The van der Waals surface area contributed by atoms with Crippen molar-refractivity contribution in [2.75, 3.05) is 26.2 Å². The fraction of sp³-hybridized carbons (Fsp3) is 0.387. The number of carbonyl (C=O) groups excluding carboxylic acids is 1. The van der Waals surface area contributed by atoms with Crippen LogP contribution in [0.1, 0.15) is 29.6 Å². The molecule has 0 radical (unpaired) electrons. The zero-order valence-electron chi connectivity index (χ0n) is 28.5. The Labute approximate surface area is 312 Å². The normalized spacial score (nSPS) is 18.3. The first-order chi connectivity index (χ1) is 26.4. The number of hydrogen-bond acceptors (Lipinski definition) is 10. The molecule has 16 nitrogen and oxygen atoms in total. The van der Waals surface area contributed by atoms with Crippen molar-refractivity contribution in [3.8, 4) is 17.3 Å². The number of nitrogens with zero attached hydrogens (tertiary/aromatic N) is 8. The number of alkyl halides is 9. The molecule has 6 rings (SSSR count). The number of aliphatic carboxylic acids is 3. The van der Waals surface area contributed by atoms with E-state index in [1.54, 1.807) is 11.1 Å². The SMILES string of the molecule is N#CCC1(n2cc(-c3ncnc4[nH]ccc34)cn2)CC(N2CCN(C(=O)c3cncc(F)c3)CC2)C1.O=C(O)C(F)(F)F.O=C(O)C(F)(F)F.O=C(O)C(F)(F)F. The highest BCUT2D eigenvalue weighted by molar-refractivity contribution is 5.94. The van der Waals surface area contributed by atoms with Gasteiger partial charge in [-0.3, -0.25) is 19.4 Å². The van der Waals surface area contributed by atoms with Gasteiger partial charge in [0.15, 0.2) is 0 Å². The average Bonchev–Trinajstić information content (AvgIpc) is 3.80. The van der Waals surface area contributed by atoms with Crippen LogP contribution >= 0.6 is 0 Å². The summed E-state index contributed by atoms with van der Waals surface area (Å²) in [6.07, 6.45) is -3.61. The minimum Gasteiger partial charge on any atom is -0.475 e. The maximum atomic E-state index is 13.5. The second kappa shape index (κ2) is 18.0. The van der Waals surface area contributed by atoms with Gasteiger partial charge in [-0.2, -0.15) is 49.9 Å². The number of amides is 1. The van der Waals surface area contributed by atoms with Crippen molar-refractivity contribution in [2.24, 2.45) is 0 Å². The summed E-state index contributed by atoms with van der Waals surface area (Å²) in [5, 5.41) is 36.5. The predicted octanol–water partition coefficient (Wildman–Crippen LogP) is 4.48. The number of fused-ring (bicyclic) bond motifs is 1. The first-order valence-corrected chi connectivity index (χ1v) is 15.6. The Balaban J connectivity index is 0.000000341. The van der Waals surface area contributed by atoms with Gasteiger partial charge in [-0.1, -0.05) is 0 Å². The van der Waals surface area contributed by atoms with Gasteiger partial charge in [-0.25, -0.2) is 28.7 Å². The van der Waals surface area contributed by atoms with E-state index in [0.717, 1.165) is 54.4 Å². The van der Waals surface area contributed by atoms with E-state index in [2.05, 4.69) is 36.0 Å². The summed E-state index contributed by atoms with van der Waals surface area (Å²) in [5.41, 5.74) is 2.39. The number of H-pyrrole nitrogens is 1. The summed E-state index contributed by atoms with van der Waals surface area (Å²) in [7, 11) is 0. The van der Waals surface area contributed by atoms with Crippen LogP contribution < -0.4 is 0 Å². The van der Waals surface area contributed by atoms with Crippen LogP contribution in [0.2, 0.25) is 0 Å². The van der Waals surface area contributed by atoms with Gasteiger partial charge < -0.3 is 25.2 Å². The van der Waals surface area contributed by atoms with E-state index in [9.17, 15) is 54.0 Å². The first-order valence-electron chi connectivity index (χ1n) is 15.6. The van der Waals surface area contributed by atoms with Crippen molar-refractivity contribution in [1.82, 2.24) is 39.5 Å². The Morgan fingerprint density at radius 1 is 0.860 bits per heavy atom. The second-order valence-electron chi connectivity index (χ2n) is 11.9. The van der Waals surface area contributed by atoms with Gasteiger partial charge in [-0.05, 0) is 25.0 Å². The minimum atomic E-state index is -5.08. The van der Waals surface area contributed by atoms with Crippen molar-refractivity contribution in [1.29, 1.82) is 5.26 Å². The Hall–Kier alpha value is -6.39. The van der Waals surface area contributed by atoms with E-state index < -0.39 is 42.3 Å². The Morgan fingerprint density at radius 3 is 1.89 bits per heavy atom. The van der Waals surface area contributed by atoms with Crippen LogP contribution in [-0.4, -0.2) is 129 Å². The molecular formula is C31H27F10N9O7. The summed E-state index contributed by atoms with van der Waals surface area (Å²) >= 11 is 0. The number of aromatic amines is 1. The molecule has 1 amide bonds. The number of piperazine rings is 1. The molecule has 4 aromatic heterocycles. The monoisotopic (exact) mass is 827 g/mol. The number of nitriles is 1. The summed E-state index contributed by atoms with van der Waals surface area (Å²) in [5.74, 6) is -8.98. The number of aromatic nitrogens is 6. The van der Waals surface area contributed by atoms with Gasteiger partial charge in [0.1, 0.15) is 17.8 Å². The molecule has 1 aliphatic heterocycles. The molecule has 1 saturated heterocycles. The molecule has 26 heteroatoms. The van der Waals surface area contributed by atoms with Crippen molar-refractivity contribution in [3.63, 3.8) is 0 Å². The maximum absolute atomic E-state index is 13.5. The highest BCUT2D eigenvalue weighted by Gasteiger charge is 2.49. The smallest absolute Gasteiger partial charge is 0.475 e. The van der Waals surface area contributed by atoms with E-state index in [1.807, 2.05) is 23.1 Å². The number of carboxylic acids is 3. The topological polar surface area (TPSA) is 232 Å². The summed E-state index contributed by atoms with van der Waals surface area (Å²) in [6.45, 7) is 2.61. The lowest BCUT2D eigenvalue weighted by Gasteiger charge is -2.52. The predicted molar refractivity (Wildman–Crippen MR) is 169 cm³/mol. The summed E-state index contributed by atoms with van der Waals surface area (Å²) in [6, 6.07) is 5.84. The maximum Gasteiger partial charge on any atom is 0.490 e. The largest absolute Gasteiger partial charge is 0.490 e. The number of halogens is 10. The molecule has 0 atom stereocenters. The molecule has 308 valence electrons. The third-order valence-corrected chi connectivity index (χ3v) is 8.13. The quantitative estimate of drug-likeness (QED) is 0.204. The molecule has 0 aromatic carbocycles. The Bertz CT molecular complexity index is 2020. The van der Waals surface area contributed by atoms with Gasteiger partial charge >= 0.3 is 36.4 Å². The van der Waals surface area contributed by atoms with Gasteiger partial charge in [0.25, 0.3) is 5.91 Å². The number of hydrogen-bond donors (Lipinski definition) is 4. The lowest BCUT2D eigenvalue weighted by Crippen LogP contribution is -2.60. The molecule has 0 bridgehead atoms. The van der Waals surface area contributed by atoms with Gasteiger partial charge in [0, 0.05) is 61.8 Å². The highest BCUT2D eigenvalue weighted by Crippen LogP contribution is 2.45. The molecule has 5 heterocycles. The standard InChI is InChI=1S/C25H24FN9O.3C2HF3O2/c26-19-9-17(12-28-14-19)24(36)34-7-5-33(6-8-34)20-10-25(11-20,2-3-27)35-15-18(13-32-35)22-21-1-4-29-23(21)31-16-30-22;3*3-2(4,5)1(6)7/h1,4,9,12-16,20H,2,5-8,10-11H2,(H,29,30,31);3*(H,6,7). The molecule has 1 aliphatic carbocycles. The van der Waals surface area contributed by atoms with Crippen molar-refractivity contribution < 1.29 is 78.4 Å². The molecule has 2 fully saturated rings. The van der Waals surface area contributed by atoms with Crippen molar-refractivity contribution in [2.45, 2.75) is 49.4 Å². The second-order valence-corrected chi connectivity index (χ2v) is 11.9. The highest BCUT2D eigenvalue weighted by atomic mass is 19.4. The third-order valence-electron chi connectivity index (χ3n) is 8.13. The van der Waals surface area contributed by atoms with E-state index >= 15 is 0 Å². The van der Waals surface area contributed by atoms with Gasteiger partial charge in [-0.15, -0.1) is 0 Å². The molecule has 1 saturated carbocycles. The zero-order valence-corrected chi connectivity index (χ0v) is 28.5. The van der Waals surface area contributed by atoms with Crippen LogP contribution in [0.15, 0.2) is 49.4 Å². The van der Waals surface area contributed by atoms with Gasteiger partial charge in [0.2, 0.25) is 0 Å². The lowest BCUT2D eigenvalue weighted by atomic mass is 9.70. The van der Waals surface area contributed by atoms with Crippen LogP contribution in [0.4, 0.5) is 43.9 Å². The third kappa shape index (κ3) is 12.0. The molecule has 2 aliphatic rings. The molecule has 0 unspecified atom stereocenters. The van der Waals surface area contributed by atoms with E-state index in [0.29, 0.717) is 25.6 Å². The van der Waals surface area contributed by atoms with E-state index in [-0.39, 0.29) is 17.0 Å². The summed E-state index contributed by atoms with van der Waals surface area (Å²) in [4.78, 5) is 59.1. The van der Waals surface area contributed by atoms with Crippen LogP contribution in [-0.2, 0) is 19.9 Å². The fourth-order valence-electron chi connectivity index (χ4n) is 5.44. The summed E-state index contributed by atoms with van der Waals surface area (Å²) < 4.78 is 111. The van der Waals surface area contributed by atoms with E-state index in [1.165, 1.54) is 18.6 Å². The number of carbonyl (C=O) groups is 4. The Morgan fingerprint density at radius 2 is 1.40 bits per heavy atom. The lowest BCUT2D eigenvalue weighted by molar-refractivity contribution is -0.193. The molecule has 57 heavy (non-hydrogen) atoms. The molecule has 4 aromatic rings. The van der Waals surface area contributed by atoms with E-state index in [4.69, 9.17) is 29.7 Å². The fourth-order valence-corrected chi connectivity index (χ4v) is 5.44. The molecular weight excluding hydrogens is 800 g/mol. The molecule has 0 spiro atoms. The van der Waals surface area contributed by atoms with Crippen molar-refractivity contribution in [3.05, 3.63) is 60.8 Å². The number of carboxylic acid groups (broad SMARTS) is 3.